The summed E-state index contributed by atoms with van der Waals surface area (Å²) in [6.07, 6.45) is 1.69. The van der Waals surface area contributed by atoms with Crippen molar-refractivity contribution in [2.24, 2.45) is 0 Å². The fourth-order valence-corrected chi connectivity index (χ4v) is 2.71. The van der Waals surface area contributed by atoms with E-state index in [4.69, 9.17) is 18.5 Å². The molecule has 2 heterocycles. The summed E-state index contributed by atoms with van der Waals surface area (Å²) in [6, 6.07) is 5.56. The molecule has 7 heteroatoms. The Kier molecular flexibility index (Phi) is 3.20. The minimum atomic E-state index is -2.89. The molecule has 2 aromatic heterocycles. The highest BCUT2D eigenvalue weighted by Crippen LogP contribution is 2.31. The molecular formula is C17H18ClFN4O. The van der Waals surface area contributed by atoms with E-state index in [1.54, 1.807) is 6.07 Å². The summed E-state index contributed by atoms with van der Waals surface area (Å²) in [5.41, 5.74) is 1.89. The summed E-state index contributed by atoms with van der Waals surface area (Å²) in [5, 5.41) is 18.2. The van der Waals surface area contributed by atoms with Crippen molar-refractivity contribution in [3.63, 3.8) is 0 Å². The largest absolute Gasteiger partial charge is 0.389 e. The van der Waals surface area contributed by atoms with Crippen LogP contribution in [0.2, 0.25) is 5.15 Å². The molecule has 3 aromatic rings. The van der Waals surface area contributed by atoms with Crippen LogP contribution in [0.25, 0.3) is 11.3 Å². The van der Waals surface area contributed by atoms with E-state index in [9.17, 15) is 9.50 Å². The van der Waals surface area contributed by atoms with Crippen LogP contribution < -0.4 is 0 Å². The lowest BCUT2D eigenvalue weighted by Gasteiger charge is -2.13. The van der Waals surface area contributed by atoms with Crippen molar-refractivity contribution < 1.29 is 16.4 Å². The van der Waals surface area contributed by atoms with Crippen molar-refractivity contribution in [1.82, 2.24) is 19.6 Å². The third-order valence-electron chi connectivity index (χ3n) is 3.57. The number of nitrogens with zero attached hydrogens (tertiary/aromatic N) is 4. The minimum Gasteiger partial charge on any atom is -0.389 e. The molecule has 1 atom stereocenters. The molecule has 0 spiro atoms. The molecule has 0 bridgehead atoms. The van der Waals surface area contributed by atoms with Gasteiger partial charge < -0.3 is 5.11 Å². The van der Waals surface area contributed by atoms with Crippen LogP contribution in [0.1, 0.15) is 37.9 Å². The van der Waals surface area contributed by atoms with Crippen LogP contribution in [-0.4, -0.2) is 24.7 Å². The molecule has 0 aliphatic heterocycles. The molecule has 126 valence electrons. The van der Waals surface area contributed by atoms with Crippen LogP contribution in [-0.2, 0) is 13.0 Å². The lowest BCUT2D eigenvalue weighted by atomic mass is 10.0. The number of hydrogen-bond donors (Lipinski definition) is 1. The van der Waals surface area contributed by atoms with E-state index in [1.807, 2.05) is 0 Å². The van der Waals surface area contributed by atoms with E-state index in [0.29, 0.717) is 22.4 Å². The predicted molar refractivity (Wildman–Crippen MR) is 90.3 cm³/mol. The summed E-state index contributed by atoms with van der Waals surface area (Å²) >= 11 is 6.06. The molecule has 0 amide bonds. The van der Waals surface area contributed by atoms with Crippen molar-refractivity contribution >= 4 is 11.6 Å². The lowest BCUT2D eigenvalue weighted by molar-refractivity contribution is 0.199. The highest BCUT2D eigenvalue weighted by atomic mass is 35.5. The van der Waals surface area contributed by atoms with Gasteiger partial charge in [0.15, 0.2) is 5.15 Å². The Labute approximate surface area is 151 Å². The van der Waals surface area contributed by atoms with E-state index in [-0.39, 0.29) is 11.7 Å². The van der Waals surface area contributed by atoms with Crippen LogP contribution in [0.4, 0.5) is 4.39 Å². The molecule has 24 heavy (non-hydrogen) atoms. The van der Waals surface area contributed by atoms with E-state index >= 15 is 0 Å². The van der Waals surface area contributed by atoms with Crippen LogP contribution in [0.3, 0.4) is 0 Å². The van der Waals surface area contributed by atoms with Gasteiger partial charge in [0.2, 0.25) is 0 Å². The average Bonchev–Trinajstić information content (AvgIpc) is 3.21. The summed E-state index contributed by atoms with van der Waals surface area (Å²) in [7, 11) is 0. The van der Waals surface area contributed by atoms with Gasteiger partial charge in [0.05, 0.1) is 27.3 Å². The number of hydrogen-bond acceptors (Lipinski definition) is 3. The molecule has 0 radical (unpaired) electrons. The summed E-state index contributed by atoms with van der Waals surface area (Å²) in [4.78, 5) is 0. The maximum atomic E-state index is 13.6. The van der Waals surface area contributed by atoms with Crippen LogP contribution >= 0.6 is 11.6 Å². The highest BCUT2D eigenvalue weighted by Gasteiger charge is 2.17. The first-order valence-electron chi connectivity index (χ1n) is 9.65. The maximum Gasteiger partial charge on any atom is 0.151 e. The standard InChI is InChI=1S/C17H18ClFN4O/c1-3-22-9-12(8-20-22)10-23-16(7-17(18)21-23)14-5-4-13(19)6-15(14)11(2)24/h4-9,11,24H,3,10H2,1-2H3/t11-/m1/s1/i1D3,3D2. The SMILES string of the molecule is [2H]C([2H])([2H])C([2H])([2H])n1cc(Cn2nc(Cl)cc2-c2ccc(F)cc2[C@@H](C)O)cn1. The Balaban J connectivity index is 1.99. The zero-order chi connectivity index (χ0) is 21.6. The van der Waals surface area contributed by atoms with Crippen molar-refractivity contribution in [3.05, 3.63) is 58.8 Å². The number of aromatic nitrogens is 4. The van der Waals surface area contributed by atoms with Gasteiger partial charge in [0, 0.05) is 34.0 Å². The van der Waals surface area contributed by atoms with Gasteiger partial charge in [-0.15, -0.1) is 0 Å². The first-order valence-corrected chi connectivity index (χ1v) is 7.53. The maximum absolute atomic E-state index is 13.6. The lowest BCUT2D eigenvalue weighted by Crippen LogP contribution is -2.05. The summed E-state index contributed by atoms with van der Waals surface area (Å²) in [6.45, 7) is -3.94. The number of halogens is 2. The Bertz CT molecular complexity index is 1030. The summed E-state index contributed by atoms with van der Waals surface area (Å²) < 4.78 is 53.5. The normalized spacial score (nSPS) is 16.8. The molecule has 3 rings (SSSR count). The number of rotatable bonds is 5. The number of aliphatic hydroxyl groups is 1. The van der Waals surface area contributed by atoms with Gasteiger partial charge in [0.25, 0.3) is 0 Å². The Morgan fingerprint density at radius 2 is 2.29 bits per heavy atom. The molecule has 0 aliphatic rings. The number of aliphatic hydroxyl groups excluding tert-OH is 1. The van der Waals surface area contributed by atoms with Gasteiger partial charge in [0.1, 0.15) is 5.82 Å². The topological polar surface area (TPSA) is 55.9 Å². The third kappa shape index (κ3) is 3.34. The smallest absolute Gasteiger partial charge is 0.151 e. The number of aryl methyl sites for hydroxylation is 1. The molecule has 1 N–H and O–H groups in total. The van der Waals surface area contributed by atoms with Crippen LogP contribution in [0.15, 0.2) is 36.7 Å². The second kappa shape index (κ2) is 6.75. The molecular weight excluding hydrogens is 331 g/mol. The van der Waals surface area contributed by atoms with Crippen LogP contribution in [0, 0.1) is 5.82 Å². The second-order valence-electron chi connectivity index (χ2n) is 5.32. The molecule has 0 fully saturated rings. The molecule has 0 aliphatic carbocycles. The van der Waals surface area contributed by atoms with Gasteiger partial charge in [-0.05, 0) is 37.5 Å². The van der Waals surface area contributed by atoms with Crippen molar-refractivity contribution in [2.75, 3.05) is 0 Å². The van der Waals surface area contributed by atoms with E-state index < -0.39 is 25.3 Å². The van der Waals surface area contributed by atoms with E-state index in [0.717, 1.165) is 4.68 Å². The molecule has 0 saturated heterocycles. The quantitative estimate of drug-likeness (QED) is 0.761. The van der Waals surface area contributed by atoms with Gasteiger partial charge >= 0.3 is 0 Å². The fraction of sp³-hybridized carbons (Fsp3) is 0.294. The van der Waals surface area contributed by atoms with Gasteiger partial charge in [-0.3, -0.25) is 9.36 Å². The summed E-state index contributed by atoms with van der Waals surface area (Å²) in [5.74, 6) is -0.491. The second-order valence-corrected chi connectivity index (χ2v) is 5.71. The van der Waals surface area contributed by atoms with E-state index in [1.165, 1.54) is 42.2 Å². The Morgan fingerprint density at radius 3 is 3.04 bits per heavy atom. The van der Waals surface area contributed by atoms with Crippen molar-refractivity contribution in [3.8, 4) is 11.3 Å². The van der Waals surface area contributed by atoms with Gasteiger partial charge in [-0.1, -0.05) is 11.6 Å². The predicted octanol–water partition coefficient (Wildman–Crippen LogP) is 3.66. The number of benzene rings is 1. The van der Waals surface area contributed by atoms with Gasteiger partial charge in [-0.2, -0.15) is 10.2 Å². The van der Waals surface area contributed by atoms with Crippen molar-refractivity contribution in [2.45, 2.75) is 32.9 Å². The molecule has 1 aromatic carbocycles. The zero-order valence-electron chi connectivity index (χ0n) is 17.7. The Morgan fingerprint density at radius 1 is 1.46 bits per heavy atom. The fourth-order valence-electron chi connectivity index (χ4n) is 2.51. The third-order valence-corrected chi connectivity index (χ3v) is 3.76. The first-order chi connectivity index (χ1) is 13.4. The van der Waals surface area contributed by atoms with Crippen molar-refractivity contribution in [1.29, 1.82) is 0 Å². The van der Waals surface area contributed by atoms with E-state index in [2.05, 4.69) is 10.2 Å². The molecule has 5 nitrogen and oxygen atoms in total. The van der Waals surface area contributed by atoms with Gasteiger partial charge in [-0.25, -0.2) is 4.39 Å². The zero-order valence-corrected chi connectivity index (χ0v) is 13.5. The highest BCUT2D eigenvalue weighted by molar-refractivity contribution is 6.29. The average molecular weight is 354 g/mol. The monoisotopic (exact) mass is 353 g/mol. The Hall–Kier alpha value is -2.18. The first kappa shape index (κ1) is 11.4. The van der Waals surface area contributed by atoms with Crippen LogP contribution in [0.5, 0.6) is 0 Å². The minimum absolute atomic E-state index is 0.107. The molecule has 0 unspecified atom stereocenters. The molecule has 0 saturated carbocycles.